The van der Waals surface area contributed by atoms with Gasteiger partial charge in [-0.3, -0.25) is 4.79 Å². The summed E-state index contributed by atoms with van der Waals surface area (Å²) in [5, 5.41) is 2.81. The molecule has 1 N–H and O–H groups in total. The number of rotatable bonds is 5. The second kappa shape index (κ2) is 7.34. The molecule has 0 radical (unpaired) electrons. The van der Waals surface area contributed by atoms with Crippen LogP contribution in [0.3, 0.4) is 0 Å². The lowest BCUT2D eigenvalue weighted by atomic mass is 10.1. The van der Waals surface area contributed by atoms with Crippen molar-refractivity contribution in [1.29, 1.82) is 0 Å². The molecule has 126 valence electrons. The van der Waals surface area contributed by atoms with Crippen LogP contribution in [-0.2, 0) is 4.79 Å². The van der Waals surface area contributed by atoms with Crippen LogP contribution in [0.4, 0.5) is 15.8 Å². The average Bonchev–Trinajstić information content (AvgIpc) is 3.07. The lowest BCUT2D eigenvalue weighted by Crippen LogP contribution is -2.21. The van der Waals surface area contributed by atoms with Crippen LogP contribution in [0, 0.1) is 12.7 Å². The number of ether oxygens (including phenoxy) is 1. The van der Waals surface area contributed by atoms with Crippen molar-refractivity contribution in [3.8, 4) is 5.75 Å². The van der Waals surface area contributed by atoms with Gasteiger partial charge in [-0.2, -0.15) is 0 Å². The first-order valence-electron chi connectivity index (χ1n) is 8.15. The van der Waals surface area contributed by atoms with Crippen molar-refractivity contribution in [3.63, 3.8) is 0 Å². The minimum absolute atomic E-state index is 0.156. The molecule has 1 aliphatic rings. The Labute approximate surface area is 141 Å². The number of hydrogen-bond acceptors (Lipinski definition) is 3. The van der Waals surface area contributed by atoms with E-state index in [-0.39, 0.29) is 18.3 Å². The second-order valence-electron chi connectivity index (χ2n) is 5.99. The Kier molecular flexibility index (Phi) is 4.99. The number of nitrogens with zero attached hydrogens (tertiary/aromatic N) is 1. The van der Waals surface area contributed by atoms with E-state index in [1.165, 1.54) is 30.7 Å². The number of halogens is 1. The Morgan fingerprint density at radius 1 is 1.21 bits per heavy atom. The lowest BCUT2D eigenvalue weighted by Gasteiger charge is -2.20. The topological polar surface area (TPSA) is 41.6 Å². The Morgan fingerprint density at radius 2 is 2.00 bits per heavy atom. The van der Waals surface area contributed by atoms with Gasteiger partial charge in [0.15, 0.2) is 6.61 Å². The molecule has 0 bridgehead atoms. The van der Waals surface area contributed by atoms with E-state index >= 15 is 0 Å². The van der Waals surface area contributed by atoms with Crippen LogP contribution < -0.4 is 15.0 Å². The number of nitrogens with one attached hydrogen (secondary N) is 1. The van der Waals surface area contributed by atoms with E-state index in [1.807, 2.05) is 25.1 Å². The summed E-state index contributed by atoms with van der Waals surface area (Å²) in [4.78, 5) is 14.4. The second-order valence-corrected chi connectivity index (χ2v) is 5.99. The third-order valence-corrected chi connectivity index (χ3v) is 4.09. The van der Waals surface area contributed by atoms with Gasteiger partial charge in [-0.1, -0.05) is 6.07 Å². The van der Waals surface area contributed by atoms with Gasteiger partial charge in [0.25, 0.3) is 5.91 Å². The minimum Gasteiger partial charge on any atom is -0.484 e. The van der Waals surface area contributed by atoms with Crippen LogP contribution in [0.5, 0.6) is 5.75 Å². The average molecular weight is 328 g/mol. The number of carbonyl (C=O) groups excluding carboxylic acids is 1. The normalized spacial score (nSPS) is 13.8. The lowest BCUT2D eigenvalue weighted by molar-refractivity contribution is -0.118. The number of aryl methyl sites for hydroxylation is 1. The van der Waals surface area contributed by atoms with Crippen LogP contribution >= 0.6 is 0 Å². The molecule has 0 saturated carbocycles. The smallest absolute Gasteiger partial charge is 0.262 e. The molecular weight excluding hydrogens is 307 g/mol. The van der Waals surface area contributed by atoms with Crippen molar-refractivity contribution in [2.75, 3.05) is 29.9 Å². The summed E-state index contributed by atoms with van der Waals surface area (Å²) >= 11 is 0. The molecule has 1 heterocycles. The van der Waals surface area contributed by atoms with Crippen molar-refractivity contribution in [2.24, 2.45) is 0 Å². The molecule has 1 saturated heterocycles. The Hall–Kier alpha value is -2.56. The SMILES string of the molecule is Cc1cc(NC(=O)COc2cccc(F)c2)ccc1N1CCCC1. The summed E-state index contributed by atoms with van der Waals surface area (Å²) in [6.07, 6.45) is 2.46. The number of anilines is 2. The van der Waals surface area contributed by atoms with Crippen molar-refractivity contribution in [2.45, 2.75) is 19.8 Å². The van der Waals surface area contributed by atoms with Gasteiger partial charge in [-0.25, -0.2) is 4.39 Å². The standard InChI is InChI=1S/C19H21FN2O2/c1-14-11-16(7-8-18(14)22-9-2-3-10-22)21-19(23)13-24-17-6-4-5-15(20)12-17/h4-8,11-12H,2-3,9-10,13H2,1H3,(H,21,23). The van der Waals surface area contributed by atoms with E-state index in [1.54, 1.807) is 12.1 Å². The van der Waals surface area contributed by atoms with Crippen LogP contribution in [0.1, 0.15) is 18.4 Å². The third-order valence-electron chi connectivity index (χ3n) is 4.09. The fraction of sp³-hybridized carbons (Fsp3) is 0.316. The fourth-order valence-corrected chi connectivity index (χ4v) is 2.95. The first-order chi connectivity index (χ1) is 11.6. The van der Waals surface area contributed by atoms with Gasteiger partial charge in [0.2, 0.25) is 0 Å². The van der Waals surface area contributed by atoms with E-state index in [9.17, 15) is 9.18 Å². The molecule has 24 heavy (non-hydrogen) atoms. The van der Waals surface area contributed by atoms with Crippen molar-refractivity contribution >= 4 is 17.3 Å². The Morgan fingerprint density at radius 3 is 2.71 bits per heavy atom. The van der Waals surface area contributed by atoms with Gasteiger partial charge in [0, 0.05) is 30.5 Å². The molecule has 0 aliphatic carbocycles. The fourth-order valence-electron chi connectivity index (χ4n) is 2.95. The maximum atomic E-state index is 13.1. The predicted octanol–water partition coefficient (Wildman–Crippen LogP) is 3.75. The van der Waals surface area contributed by atoms with E-state index in [2.05, 4.69) is 10.2 Å². The zero-order valence-corrected chi connectivity index (χ0v) is 13.7. The molecule has 1 fully saturated rings. The number of amides is 1. The summed E-state index contributed by atoms with van der Waals surface area (Å²) in [5.41, 5.74) is 3.10. The molecule has 2 aromatic rings. The van der Waals surface area contributed by atoms with E-state index in [4.69, 9.17) is 4.74 Å². The highest BCUT2D eigenvalue weighted by molar-refractivity contribution is 5.92. The summed E-state index contributed by atoms with van der Waals surface area (Å²) in [7, 11) is 0. The van der Waals surface area contributed by atoms with Gasteiger partial charge in [-0.15, -0.1) is 0 Å². The highest BCUT2D eigenvalue weighted by Gasteiger charge is 2.14. The van der Waals surface area contributed by atoms with Gasteiger partial charge in [0.1, 0.15) is 11.6 Å². The number of benzene rings is 2. The molecule has 3 rings (SSSR count). The van der Waals surface area contributed by atoms with E-state index in [0.29, 0.717) is 5.75 Å². The van der Waals surface area contributed by atoms with Gasteiger partial charge in [-0.05, 0) is 55.7 Å². The summed E-state index contributed by atoms with van der Waals surface area (Å²) in [5.74, 6) is -0.320. The molecular formula is C19H21FN2O2. The van der Waals surface area contributed by atoms with Gasteiger partial charge < -0.3 is 15.0 Å². The van der Waals surface area contributed by atoms with Crippen LogP contribution in [0.25, 0.3) is 0 Å². The number of hydrogen-bond donors (Lipinski definition) is 1. The Balaban J connectivity index is 1.57. The first kappa shape index (κ1) is 16.3. The number of carbonyl (C=O) groups is 1. The van der Waals surface area contributed by atoms with Gasteiger partial charge in [0.05, 0.1) is 0 Å². The summed E-state index contributed by atoms with van der Waals surface area (Å²) < 4.78 is 18.4. The molecule has 0 atom stereocenters. The van der Waals surface area contributed by atoms with Crippen molar-refractivity contribution < 1.29 is 13.9 Å². The van der Waals surface area contributed by atoms with Crippen LogP contribution in [0.2, 0.25) is 0 Å². The van der Waals surface area contributed by atoms with Gasteiger partial charge >= 0.3 is 0 Å². The molecule has 4 nitrogen and oxygen atoms in total. The minimum atomic E-state index is -0.388. The molecule has 5 heteroatoms. The van der Waals surface area contributed by atoms with E-state index < -0.39 is 0 Å². The zero-order chi connectivity index (χ0) is 16.9. The van der Waals surface area contributed by atoms with Crippen LogP contribution in [0.15, 0.2) is 42.5 Å². The molecule has 1 aliphatic heterocycles. The predicted molar refractivity (Wildman–Crippen MR) is 93.2 cm³/mol. The van der Waals surface area contributed by atoms with Crippen molar-refractivity contribution in [3.05, 3.63) is 53.8 Å². The first-order valence-corrected chi connectivity index (χ1v) is 8.15. The molecule has 0 unspecified atom stereocenters. The highest BCUT2D eigenvalue weighted by Crippen LogP contribution is 2.26. The van der Waals surface area contributed by atoms with Crippen molar-refractivity contribution in [1.82, 2.24) is 0 Å². The molecule has 0 aromatic heterocycles. The molecule has 1 amide bonds. The zero-order valence-electron chi connectivity index (χ0n) is 13.7. The quantitative estimate of drug-likeness (QED) is 0.909. The van der Waals surface area contributed by atoms with E-state index in [0.717, 1.165) is 24.3 Å². The summed E-state index contributed by atoms with van der Waals surface area (Å²) in [6, 6.07) is 11.7. The molecule has 0 spiro atoms. The maximum absolute atomic E-state index is 13.1. The van der Waals surface area contributed by atoms with Crippen LogP contribution in [-0.4, -0.2) is 25.6 Å². The highest BCUT2D eigenvalue weighted by atomic mass is 19.1. The maximum Gasteiger partial charge on any atom is 0.262 e. The molecule has 2 aromatic carbocycles. The summed E-state index contributed by atoms with van der Waals surface area (Å²) in [6.45, 7) is 4.07. The Bertz CT molecular complexity index is 727. The largest absolute Gasteiger partial charge is 0.484 e. The monoisotopic (exact) mass is 328 g/mol. The third kappa shape index (κ3) is 4.04.